The number of methoxy groups -OCH3 is 1. The Morgan fingerprint density at radius 1 is 1.27 bits per heavy atom. The summed E-state index contributed by atoms with van der Waals surface area (Å²) >= 11 is 0. The number of rotatable bonds is 8. The van der Waals surface area contributed by atoms with E-state index in [-0.39, 0.29) is 29.4 Å². The fourth-order valence-electron chi connectivity index (χ4n) is 5.56. The van der Waals surface area contributed by atoms with Gasteiger partial charge in [0.15, 0.2) is 0 Å². The number of hydrogen-bond acceptors (Lipinski definition) is 9. The zero-order chi connectivity index (χ0) is 32.9. The van der Waals surface area contributed by atoms with Crippen LogP contribution in [0.2, 0.25) is 0 Å². The van der Waals surface area contributed by atoms with Crippen LogP contribution in [-0.2, 0) is 26.9 Å². The summed E-state index contributed by atoms with van der Waals surface area (Å²) in [5.74, 6) is -0.179. The molecule has 1 aromatic heterocycles. The number of hydrogen-bond donors (Lipinski definition) is 3. The van der Waals surface area contributed by atoms with Gasteiger partial charge in [0, 0.05) is 37.6 Å². The summed E-state index contributed by atoms with van der Waals surface area (Å²) in [5, 5.41) is 26.3. The number of fused-ring (bicyclic) bond motifs is 1. The lowest BCUT2D eigenvalue weighted by Gasteiger charge is -2.36. The third-order valence-corrected chi connectivity index (χ3v) is 7.75. The number of aromatic amines is 1. The Hall–Kier alpha value is -4.94. The number of alkyl halides is 3. The molecule has 12 nitrogen and oxygen atoms in total. The average Bonchev–Trinajstić information content (AvgIpc) is 3.37. The third kappa shape index (κ3) is 6.92. The predicted octanol–water partition coefficient (Wildman–Crippen LogP) is 3.04. The first-order valence-corrected chi connectivity index (χ1v) is 13.9. The third-order valence-electron chi connectivity index (χ3n) is 7.75. The van der Waals surface area contributed by atoms with Crippen LogP contribution >= 0.6 is 0 Å². The summed E-state index contributed by atoms with van der Waals surface area (Å²) < 4.78 is 47.2. The Kier molecular flexibility index (Phi) is 10.1. The van der Waals surface area contributed by atoms with Crippen molar-refractivity contribution in [3.05, 3.63) is 86.5 Å². The van der Waals surface area contributed by atoms with Crippen molar-refractivity contribution in [1.82, 2.24) is 25.0 Å². The molecule has 3 aromatic rings. The van der Waals surface area contributed by atoms with Crippen LogP contribution in [0.25, 0.3) is 0 Å². The summed E-state index contributed by atoms with van der Waals surface area (Å²) in [5.41, 5.74) is 0.573. The summed E-state index contributed by atoms with van der Waals surface area (Å²) in [6.07, 6.45) is -4.09. The molecule has 1 fully saturated rings. The van der Waals surface area contributed by atoms with Gasteiger partial charge in [-0.3, -0.25) is 9.69 Å². The highest BCUT2D eigenvalue weighted by atomic mass is 19.4. The van der Waals surface area contributed by atoms with E-state index in [2.05, 4.69) is 26.5 Å². The normalized spacial score (nSPS) is 16.3. The van der Waals surface area contributed by atoms with Crippen LogP contribution in [0.1, 0.15) is 35.2 Å². The standard InChI is InChI=1S/C29H30F3N7O3.CH2O2/c1-17-24(26(40)42-3)25(23-8-7-18(13-33)11-20(23)9-10-37(2)16-19-14-34-15-19)39-27(35-36-28(39)41)38(17)22-6-4-5-21(12-22)29(30,31)32;2-1-3/h4-8,11-12,19,25,34H,9-10,14-16H2,1-3H3,(H,36,41);1H,(H,2,3). The maximum Gasteiger partial charge on any atom is 0.416 e. The summed E-state index contributed by atoms with van der Waals surface area (Å²) in [4.78, 5) is 38.5. The lowest BCUT2D eigenvalue weighted by Crippen LogP contribution is -2.47. The second kappa shape index (κ2) is 13.8. The number of esters is 1. The number of nitriles is 1. The van der Waals surface area contributed by atoms with Crippen LogP contribution in [0.4, 0.5) is 24.8 Å². The fourth-order valence-corrected chi connectivity index (χ4v) is 5.56. The first-order valence-electron chi connectivity index (χ1n) is 13.9. The maximum atomic E-state index is 13.6. The molecule has 0 spiro atoms. The smallest absolute Gasteiger partial charge is 0.416 e. The molecule has 2 aromatic carbocycles. The highest BCUT2D eigenvalue weighted by Crippen LogP contribution is 2.43. The van der Waals surface area contributed by atoms with E-state index in [1.807, 2.05) is 7.05 Å². The van der Waals surface area contributed by atoms with Gasteiger partial charge in [-0.25, -0.2) is 19.3 Å². The van der Waals surface area contributed by atoms with Crippen molar-refractivity contribution < 1.29 is 32.6 Å². The van der Waals surface area contributed by atoms with Crippen molar-refractivity contribution in [3.8, 4) is 6.07 Å². The van der Waals surface area contributed by atoms with Gasteiger partial charge in [-0.2, -0.15) is 18.4 Å². The number of halogens is 3. The van der Waals surface area contributed by atoms with Gasteiger partial charge >= 0.3 is 17.8 Å². The summed E-state index contributed by atoms with van der Waals surface area (Å²) in [6, 6.07) is 10.8. The van der Waals surface area contributed by atoms with E-state index in [1.165, 1.54) is 28.7 Å². The predicted molar refractivity (Wildman–Crippen MR) is 157 cm³/mol. The van der Waals surface area contributed by atoms with E-state index in [4.69, 9.17) is 14.6 Å². The molecule has 0 bridgehead atoms. The minimum absolute atomic E-state index is 0.0133. The van der Waals surface area contributed by atoms with E-state index in [1.54, 1.807) is 25.1 Å². The van der Waals surface area contributed by atoms with Crippen LogP contribution in [-0.4, -0.2) is 77.5 Å². The molecule has 3 heterocycles. The van der Waals surface area contributed by atoms with E-state index >= 15 is 0 Å². The minimum Gasteiger partial charge on any atom is -0.483 e. The van der Waals surface area contributed by atoms with Gasteiger partial charge in [0.2, 0.25) is 5.95 Å². The zero-order valence-electron chi connectivity index (χ0n) is 24.8. The summed E-state index contributed by atoms with van der Waals surface area (Å²) in [7, 11) is 3.22. The number of likely N-dealkylation sites (N-methyl/N-ethyl adjacent to an activating group) is 1. The van der Waals surface area contributed by atoms with Crippen LogP contribution < -0.4 is 15.9 Å². The largest absolute Gasteiger partial charge is 0.483 e. The van der Waals surface area contributed by atoms with Crippen molar-refractivity contribution in [2.45, 2.75) is 25.6 Å². The van der Waals surface area contributed by atoms with Crippen molar-refractivity contribution >= 4 is 24.1 Å². The van der Waals surface area contributed by atoms with Crippen LogP contribution in [0.3, 0.4) is 0 Å². The Balaban J connectivity index is 0.00000148. The number of ether oxygens (including phenoxy) is 1. The van der Waals surface area contributed by atoms with Gasteiger partial charge in [0.25, 0.3) is 6.47 Å². The number of nitrogens with one attached hydrogen (secondary N) is 2. The Morgan fingerprint density at radius 3 is 2.58 bits per heavy atom. The van der Waals surface area contributed by atoms with Crippen LogP contribution in [0, 0.1) is 17.2 Å². The lowest BCUT2D eigenvalue weighted by molar-refractivity contribution is -0.138. The minimum atomic E-state index is -4.61. The monoisotopic (exact) mass is 627 g/mol. The molecule has 2 aliphatic heterocycles. The molecule has 238 valence electrons. The molecule has 1 saturated heterocycles. The van der Waals surface area contributed by atoms with E-state index < -0.39 is 29.4 Å². The average molecular weight is 628 g/mol. The van der Waals surface area contributed by atoms with E-state index in [0.717, 1.165) is 37.3 Å². The zero-order valence-corrected chi connectivity index (χ0v) is 24.8. The van der Waals surface area contributed by atoms with Gasteiger partial charge in [0.05, 0.1) is 29.9 Å². The lowest BCUT2D eigenvalue weighted by atomic mass is 9.89. The Morgan fingerprint density at radius 2 is 1.98 bits per heavy atom. The number of H-pyrrole nitrogens is 1. The Labute approximate surface area is 256 Å². The van der Waals surface area contributed by atoms with Gasteiger partial charge in [-0.15, -0.1) is 5.10 Å². The van der Waals surface area contributed by atoms with Gasteiger partial charge in [-0.05, 0) is 67.8 Å². The second-order valence-corrected chi connectivity index (χ2v) is 10.6. The molecule has 15 heteroatoms. The molecule has 1 atom stereocenters. The first-order chi connectivity index (χ1) is 21.4. The highest BCUT2D eigenvalue weighted by Gasteiger charge is 2.41. The van der Waals surface area contributed by atoms with Gasteiger partial charge < -0.3 is 20.1 Å². The van der Waals surface area contributed by atoms with E-state index in [0.29, 0.717) is 30.0 Å². The second-order valence-electron chi connectivity index (χ2n) is 10.6. The van der Waals surface area contributed by atoms with Crippen LogP contribution in [0.5, 0.6) is 0 Å². The number of nitrogens with zero attached hydrogens (tertiary/aromatic N) is 5. The molecule has 0 radical (unpaired) electrons. The molecule has 1 unspecified atom stereocenters. The number of carbonyl (C=O) groups excluding carboxylic acids is 1. The molecular weight excluding hydrogens is 595 g/mol. The van der Waals surface area contributed by atoms with E-state index in [9.17, 15) is 28.0 Å². The first kappa shape index (κ1) is 33.0. The summed E-state index contributed by atoms with van der Waals surface area (Å²) in [6.45, 7) is 4.80. The van der Waals surface area contributed by atoms with Gasteiger partial charge in [0.1, 0.15) is 6.04 Å². The SMILES string of the molecule is COC(=O)C1=C(C)N(c2cccc(C(F)(F)F)c2)c2n[nH]c(=O)n2C1c1ccc(C#N)cc1CCN(C)CC1CNC1.O=CO. The van der Waals surface area contributed by atoms with Crippen molar-refractivity contribution in [3.63, 3.8) is 0 Å². The molecule has 2 aliphatic rings. The molecule has 0 aliphatic carbocycles. The number of anilines is 2. The molecule has 45 heavy (non-hydrogen) atoms. The molecular formula is C30H32F3N7O5. The molecule has 0 saturated carbocycles. The number of benzene rings is 2. The highest BCUT2D eigenvalue weighted by molar-refractivity contribution is 5.93. The Bertz CT molecular complexity index is 1690. The number of carboxylic acid groups (broad SMARTS) is 1. The molecule has 5 rings (SSSR count). The van der Waals surface area contributed by atoms with Crippen molar-refractivity contribution in [2.75, 3.05) is 45.2 Å². The van der Waals surface area contributed by atoms with Crippen molar-refractivity contribution in [1.29, 1.82) is 5.26 Å². The van der Waals surface area contributed by atoms with Crippen molar-refractivity contribution in [2.24, 2.45) is 5.92 Å². The quantitative estimate of drug-likeness (QED) is 0.251. The topological polar surface area (TPSA) is 157 Å². The fraction of sp³-hybridized carbons (Fsp3) is 0.367. The maximum absolute atomic E-state index is 13.6. The molecule has 3 N–H and O–H groups in total. The number of aromatic nitrogens is 3. The van der Waals surface area contributed by atoms with Crippen LogP contribution in [0.15, 0.2) is 58.5 Å². The van der Waals surface area contributed by atoms with Gasteiger partial charge in [-0.1, -0.05) is 12.1 Å². The number of allylic oxidation sites excluding steroid dienone is 1. The number of carbonyl (C=O) groups is 2. The molecule has 0 amide bonds.